The van der Waals surface area contributed by atoms with Crippen LogP contribution in [0.15, 0.2) is 24.3 Å². The predicted molar refractivity (Wildman–Crippen MR) is 67.3 cm³/mol. The van der Waals surface area contributed by atoms with Crippen LogP contribution < -0.4 is 0 Å². The number of piperidine rings is 1. The molecule has 1 fully saturated rings. The van der Waals surface area contributed by atoms with Gasteiger partial charge in [-0.05, 0) is 30.5 Å². The Labute approximate surface area is 110 Å². The average Bonchev–Trinajstić information content (AvgIpc) is 2.34. The second-order valence-corrected chi connectivity index (χ2v) is 4.83. The van der Waals surface area contributed by atoms with Gasteiger partial charge in [-0.15, -0.1) is 0 Å². The summed E-state index contributed by atoms with van der Waals surface area (Å²) < 4.78 is 0. The molecule has 1 heterocycles. The van der Waals surface area contributed by atoms with Crippen LogP contribution in [0.5, 0.6) is 0 Å². The zero-order chi connectivity index (χ0) is 13.1. The number of rotatable bonds is 3. The molecule has 0 bridgehead atoms. The summed E-state index contributed by atoms with van der Waals surface area (Å²) in [6.45, 7) is 0.326. The van der Waals surface area contributed by atoms with Gasteiger partial charge in [0.25, 0.3) is 0 Å². The quantitative estimate of drug-likeness (QED) is 0.914. The van der Waals surface area contributed by atoms with Gasteiger partial charge in [-0.25, -0.2) is 4.79 Å². The molecule has 1 aromatic carbocycles. The molecule has 1 amide bonds. The lowest BCUT2D eigenvalue weighted by Gasteiger charge is -2.33. The van der Waals surface area contributed by atoms with Crippen LogP contribution in [0.3, 0.4) is 0 Å². The number of carboxylic acids is 1. The Bertz CT molecular complexity index is 458. The van der Waals surface area contributed by atoms with Crippen molar-refractivity contribution in [1.82, 2.24) is 4.90 Å². The average molecular weight is 268 g/mol. The maximum atomic E-state index is 11.8. The maximum absolute atomic E-state index is 11.8. The van der Waals surface area contributed by atoms with Gasteiger partial charge < -0.3 is 10.0 Å². The Kier molecular flexibility index (Phi) is 3.87. The van der Waals surface area contributed by atoms with E-state index in [2.05, 4.69) is 0 Å². The molecule has 0 unspecified atom stereocenters. The number of carboxylic acid groups (broad SMARTS) is 1. The molecule has 1 saturated heterocycles. The fourth-order valence-corrected chi connectivity index (χ4v) is 2.29. The summed E-state index contributed by atoms with van der Waals surface area (Å²) >= 11 is 5.79. The molecular formula is C13H14ClNO3. The fraction of sp³-hybridized carbons (Fsp3) is 0.385. The van der Waals surface area contributed by atoms with Crippen molar-refractivity contribution in [1.29, 1.82) is 0 Å². The minimum Gasteiger partial charge on any atom is -0.480 e. The molecule has 1 aliphatic heterocycles. The summed E-state index contributed by atoms with van der Waals surface area (Å²) in [4.78, 5) is 24.4. The van der Waals surface area contributed by atoms with E-state index in [1.165, 1.54) is 4.90 Å². The lowest BCUT2D eigenvalue weighted by atomic mass is 10.0. The van der Waals surface area contributed by atoms with Gasteiger partial charge in [0.05, 0.1) is 0 Å². The van der Waals surface area contributed by atoms with Gasteiger partial charge in [-0.3, -0.25) is 4.79 Å². The third-order valence-electron chi connectivity index (χ3n) is 3.12. The molecule has 96 valence electrons. The number of carbonyl (C=O) groups is 2. The van der Waals surface area contributed by atoms with Gasteiger partial charge in [0, 0.05) is 18.0 Å². The van der Waals surface area contributed by atoms with E-state index in [9.17, 15) is 9.59 Å². The highest BCUT2D eigenvalue weighted by atomic mass is 35.5. The van der Waals surface area contributed by atoms with Crippen LogP contribution >= 0.6 is 11.6 Å². The summed E-state index contributed by atoms with van der Waals surface area (Å²) in [5.41, 5.74) is 0.890. The van der Waals surface area contributed by atoms with Crippen molar-refractivity contribution >= 4 is 23.5 Å². The predicted octanol–water partition coefficient (Wildman–Crippen LogP) is 2.31. The maximum Gasteiger partial charge on any atom is 0.326 e. The first-order chi connectivity index (χ1) is 8.58. The van der Waals surface area contributed by atoms with E-state index in [4.69, 9.17) is 16.7 Å². The first-order valence-electron chi connectivity index (χ1n) is 5.84. The second kappa shape index (κ2) is 5.40. The molecule has 2 rings (SSSR count). The molecule has 1 aliphatic rings. The van der Waals surface area contributed by atoms with Crippen LogP contribution in [0.2, 0.25) is 5.02 Å². The van der Waals surface area contributed by atoms with E-state index in [-0.39, 0.29) is 5.91 Å². The fourth-order valence-electron chi connectivity index (χ4n) is 2.16. The molecule has 5 heteroatoms. The lowest BCUT2D eigenvalue weighted by Crippen LogP contribution is -2.47. The Morgan fingerprint density at radius 2 is 2.06 bits per heavy atom. The molecule has 0 spiro atoms. The molecule has 18 heavy (non-hydrogen) atoms. The van der Waals surface area contributed by atoms with Gasteiger partial charge in [-0.2, -0.15) is 0 Å². The van der Waals surface area contributed by atoms with Crippen molar-refractivity contribution in [3.05, 3.63) is 34.9 Å². The number of likely N-dealkylation sites (tertiary alicyclic amines) is 1. The molecular weight excluding hydrogens is 254 g/mol. The summed E-state index contributed by atoms with van der Waals surface area (Å²) in [5, 5.41) is 9.76. The van der Waals surface area contributed by atoms with E-state index < -0.39 is 12.0 Å². The van der Waals surface area contributed by atoms with Crippen molar-refractivity contribution in [3.63, 3.8) is 0 Å². The van der Waals surface area contributed by atoms with E-state index in [0.29, 0.717) is 30.8 Å². The van der Waals surface area contributed by atoms with Crippen LogP contribution in [0.25, 0.3) is 0 Å². The zero-order valence-electron chi connectivity index (χ0n) is 9.80. The van der Waals surface area contributed by atoms with E-state index in [1.807, 2.05) is 12.1 Å². The number of carbonyl (C=O) groups excluding carboxylic acids is 1. The molecule has 1 aromatic rings. The van der Waals surface area contributed by atoms with Gasteiger partial charge in [0.2, 0.25) is 5.91 Å². The number of benzene rings is 1. The molecule has 1 N–H and O–H groups in total. The van der Waals surface area contributed by atoms with Gasteiger partial charge in [0.15, 0.2) is 0 Å². The van der Waals surface area contributed by atoms with Crippen molar-refractivity contribution in [2.45, 2.75) is 31.8 Å². The third-order valence-corrected chi connectivity index (χ3v) is 3.37. The summed E-state index contributed by atoms with van der Waals surface area (Å²) in [5.74, 6) is -1.03. The number of amides is 1. The molecule has 0 aliphatic carbocycles. The normalized spacial score (nSPS) is 19.9. The van der Waals surface area contributed by atoms with Crippen molar-refractivity contribution in [2.24, 2.45) is 0 Å². The standard InChI is InChI=1S/C13H14ClNO3/c14-10-6-4-9(5-7-10)8-15-11(13(17)18)2-1-3-12(15)16/h4-7,11H,1-3,8H2,(H,17,18)/t11-/m1/s1. The topological polar surface area (TPSA) is 57.6 Å². The zero-order valence-corrected chi connectivity index (χ0v) is 10.6. The van der Waals surface area contributed by atoms with Crippen molar-refractivity contribution in [2.75, 3.05) is 0 Å². The first kappa shape index (κ1) is 12.9. The largest absolute Gasteiger partial charge is 0.480 e. The van der Waals surface area contributed by atoms with Crippen LogP contribution in [0.4, 0.5) is 0 Å². The highest BCUT2D eigenvalue weighted by molar-refractivity contribution is 6.30. The van der Waals surface area contributed by atoms with Gasteiger partial charge in [-0.1, -0.05) is 23.7 Å². The number of halogens is 1. The van der Waals surface area contributed by atoms with Crippen molar-refractivity contribution in [3.8, 4) is 0 Å². The van der Waals surface area contributed by atoms with Crippen molar-refractivity contribution < 1.29 is 14.7 Å². The Hall–Kier alpha value is -1.55. The molecule has 0 aromatic heterocycles. The van der Waals surface area contributed by atoms with Crippen LogP contribution in [0, 0.1) is 0 Å². The molecule has 0 saturated carbocycles. The highest BCUT2D eigenvalue weighted by Crippen LogP contribution is 2.21. The monoisotopic (exact) mass is 267 g/mol. The Balaban J connectivity index is 2.15. The van der Waals surface area contributed by atoms with E-state index in [1.54, 1.807) is 12.1 Å². The van der Waals surface area contributed by atoms with E-state index >= 15 is 0 Å². The lowest BCUT2D eigenvalue weighted by molar-refractivity contribution is -0.153. The second-order valence-electron chi connectivity index (χ2n) is 4.39. The number of hydrogen-bond donors (Lipinski definition) is 1. The number of nitrogens with zero attached hydrogens (tertiary/aromatic N) is 1. The van der Waals surface area contributed by atoms with Gasteiger partial charge in [0.1, 0.15) is 6.04 Å². The van der Waals surface area contributed by atoms with Gasteiger partial charge >= 0.3 is 5.97 Å². The Morgan fingerprint density at radius 1 is 1.39 bits per heavy atom. The minimum absolute atomic E-state index is 0.0939. The molecule has 1 atom stereocenters. The minimum atomic E-state index is -0.933. The third kappa shape index (κ3) is 2.82. The first-order valence-corrected chi connectivity index (χ1v) is 6.22. The summed E-state index contributed by atoms with van der Waals surface area (Å²) in [7, 11) is 0. The smallest absolute Gasteiger partial charge is 0.326 e. The molecule has 4 nitrogen and oxygen atoms in total. The Morgan fingerprint density at radius 3 is 2.67 bits per heavy atom. The summed E-state index contributed by atoms with van der Waals surface area (Å²) in [6.07, 6.45) is 1.60. The number of aliphatic carboxylic acids is 1. The van der Waals surface area contributed by atoms with Crippen LogP contribution in [-0.4, -0.2) is 27.9 Å². The summed E-state index contributed by atoms with van der Waals surface area (Å²) in [6, 6.07) is 6.39. The molecule has 0 radical (unpaired) electrons. The number of hydrogen-bond acceptors (Lipinski definition) is 2. The highest BCUT2D eigenvalue weighted by Gasteiger charge is 2.32. The SMILES string of the molecule is O=C(O)[C@H]1CCCC(=O)N1Cc1ccc(Cl)cc1. The van der Waals surface area contributed by atoms with Crippen LogP contribution in [0.1, 0.15) is 24.8 Å². The van der Waals surface area contributed by atoms with Crippen LogP contribution in [-0.2, 0) is 16.1 Å². The van der Waals surface area contributed by atoms with E-state index in [0.717, 1.165) is 5.56 Å².